The average Bonchev–Trinajstić information content (AvgIpc) is 1.35. The van der Waals surface area contributed by atoms with Gasteiger partial charge >= 0.3 is 0 Å². The van der Waals surface area contributed by atoms with Crippen molar-refractivity contribution in [2.45, 2.75) is 0 Å². The van der Waals surface area contributed by atoms with E-state index in [0.717, 1.165) is 0 Å². The normalized spacial score (nSPS) is 14.4. The first-order valence-corrected chi connectivity index (χ1v) is 3.59. The molecule has 49 valence electrons. The van der Waals surface area contributed by atoms with Crippen LogP contribution in [0.4, 0.5) is 0 Å². The summed E-state index contributed by atoms with van der Waals surface area (Å²) in [6, 6.07) is 0. The molecule has 4 heteroatoms. The molecule has 0 saturated heterocycles. The van der Waals surface area contributed by atoms with Crippen LogP contribution >= 0.6 is 0 Å². The van der Waals surface area contributed by atoms with Gasteiger partial charge in [0.05, 0.1) is 0 Å². The zero-order valence-corrected chi connectivity index (χ0v) is 9.20. The molecule has 0 aromatic rings. The summed E-state index contributed by atoms with van der Waals surface area (Å²) in [5, 5.41) is 0. The van der Waals surface area contributed by atoms with Gasteiger partial charge in [-0.05, 0) is 6.26 Å². The van der Waals surface area contributed by atoms with Crippen molar-refractivity contribution in [1.82, 2.24) is 0 Å². The molecule has 0 aliphatic carbocycles. The maximum absolute atomic E-state index is 10.3. The van der Waals surface area contributed by atoms with Gasteiger partial charge in [0.1, 0.15) is 0 Å². The molecule has 0 bridgehead atoms. The molecule has 1 radical (unpaired) electrons. The fourth-order valence-corrected chi connectivity index (χ4v) is 0. The van der Waals surface area contributed by atoms with Gasteiger partial charge in [-0.15, -0.1) is 0 Å². The molecule has 0 spiro atoms. The van der Waals surface area contributed by atoms with Crippen molar-refractivity contribution in [2.24, 2.45) is 4.36 Å². The van der Waals surface area contributed by atoms with E-state index >= 15 is 0 Å². The number of rotatable bonds is 0. The molecule has 2 nitrogen and oxygen atoms in total. The first kappa shape index (κ1) is 16.0. The van der Waals surface area contributed by atoms with E-state index in [2.05, 4.69) is 10.6 Å². The summed E-state index contributed by atoms with van der Waals surface area (Å²) in [6.45, 7) is 0. The Bertz CT molecular complexity index is 129. The molecule has 0 aromatic carbocycles. The number of nitrogens with zero attached hydrogens (tertiary/aromatic N) is 1. The smallest absolute Gasteiger partial charge is 0.0343 e. The molecule has 1 unspecified atom stereocenters. The van der Waals surface area contributed by atoms with E-state index in [0.29, 0.717) is 0 Å². The van der Waals surface area contributed by atoms with Crippen LogP contribution in [0.5, 0.6) is 0 Å². The second-order valence-electron chi connectivity index (χ2n) is 1.14. The van der Waals surface area contributed by atoms with Gasteiger partial charge in [0.2, 0.25) is 0 Å². The van der Waals surface area contributed by atoms with Gasteiger partial charge in [-0.2, -0.15) is 0 Å². The Hall–Kier alpha value is 1.05. The number of hydrogen-bond acceptors (Lipinski definition) is 2. The topological polar surface area (TPSA) is 29.4 Å². The first-order chi connectivity index (χ1) is 2.56. The SMILES string of the molecule is [CH2-]S(C)(=O)=NC.[CH3-].[Y]. The zero-order valence-electron chi connectivity index (χ0n) is 5.55. The van der Waals surface area contributed by atoms with Crippen molar-refractivity contribution in [3.8, 4) is 0 Å². The van der Waals surface area contributed by atoms with E-state index in [1.807, 2.05) is 0 Å². The molecule has 0 aliphatic rings. The molecular weight excluding hydrogens is 199 g/mol. The fourth-order valence-electron chi connectivity index (χ4n) is 0. The van der Waals surface area contributed by atoms with Gasteiger partial charge in [0.25, 0.3) is 0 Å². The second kappa shape index (κ2) is 6.18. The van der Waals surface area contributed by atoms with Crippen LogP contribution in [0.3, 0.4) is 0 Å². The van der Waals surface area contributed by atoms with Crippen LogP contribution in [0.1, 0.15) is 0 Å². The minimum absolute atomic E-state index is 0. The Kier molecular flexibility index (Phi) is 12.4. The van der Waals surface area contributed by atoms with Gasteiger partial charge in [-0.3, -0.25) is 8.57 Å². The predicted octanol–water partition coefficient (Wildman–Crippen LogP) is 0.953. The van der Waals surface area contributed by atoms with Gasteiger partial charge in [-0.25, -0.2) is 6.26 Å². The Balaban J connectivity index is -0.000000125. The molecule has 0 fully saturated rings. The van der Waals surface area contributed by atoms with Gasteiger partial charge in [0.15, 0.2) is 0 Å². The van der Waals surface area contributed by atoms with Crippen LogP contribution in [0.15, 0.2) is 4.36 Å². The van der Waals surface area contributed by atoms with Crippen LogP contribution in [-0.4, -0.2) is 17.5 Å². The average molecular weight is 210 g/mol. The summed E-state index contributed by atoms with van der Waals surface area (Å²) in [7, 11) is -0.542. The molecule has 0 heterocycles. The van der Waals surface area contributed by atoms with Crippen LogP contribution in [0, 0.1) is 13.7 Å². The summed E-state index contributed by atoms with van der Waals surface area (Å²) < 4.78 is 13.7. The monoisotopic (exact) mass is 210 g/mol. The summed E-state index contributed by atoms with van der Waals surface area (Å²) in [5.41, 5.74) is 0. The van der Waals surface area contributed by atoms with Crippen LogP contribution in [0.2, 0.25) is 0 Å². The van der Waals surface area contributed by atoms with E-state index in [-0.39, 0.29) is 40.1 Å². The third-order valence-electron chi connectivity index (χ3n) is 0.386. The molecule has 0 amide bonds. The standard InChI is InChI=1S/C3H8NOS.CH3.Y/c1-4-6(2,3)5;;/h2H2,1,3H3;1H3;/q2*-1;. The Morgan fingerprint density at radius 1 is 1.62 bits per heavy atom. The van der Waals surface area contributed by atoms with Crippen molar-refractivity contribution in [3.63, 3.8) is 0 Å². The van der Waals surface area contributed by atoms with Crippen molar-refractivity contribution in [3.05, 3.63) is 13.7 Å². The Morgan fingerprint density at radius 2 is 1.75 bits per heavy atom. The maximum atomic E-state index is 10.3. The third kappa shape index (κ3) is 15.7. The van der Waals surface area contributed by atoms with Crippen molar-refractivity contribution in [2.75, 3.05) is 13.3 Å². The fraction of sp³-hybridized carbons (Fsp3) is 0.500. The minimum Gasteiger partial charge on any atom is -0.358 e. The molecule has 1 atom stereocenters. The molecule has 0 N–H and O–H groups in total. The molecule has 0 saturated carbocycles. The molecule has 8 heavy (non-hydrogen) atoms. The first-order valence-electron chi connectivity index (χ1n) is 1.49. The van der Waals surface area contributed by atoms with Crippen LogP contribution < -0.4 is 0 Å². The molecule has 0 rings (SSSR count). The van der Waals surface area contributed by atoms with Crippen LogP contribution in [0.25, 0.3) is 0 Å². The van der Waals surface area contributed by atoms with Crippen molar-refractivity contribution in [1.29, 1.82) is 0 Å². The Labute approximate surface area is 77.5 Å². The largest absolute Gasteiger partial charge is 0.358 e. The summed E-state index contributed by atoms with van der Waals surface area (Å²) in [5.74, 6) is 0. The van der Waals surface area contributed by atoms with E-state index in [9.17, 15) is 4.21 Å². The second-order valence-corrected chi connectivity index (χ2v) is 3.43. The third-order valence-corrected chi connectivity index (χ3v) is 1.16. The van der Waals surface area contributed by atoms with Gasteiger partial charge < -0.3 is 7.43 Å². The van der Waals surface area contributed by atoms with Gasteiger partial charge in [-0.1, -0.05) is 9.73 Å². The predicted molar refractivity (Wildman–Crippen MR) is 34.2 cm³/mol. The Morgan fingerprint density at radius 3 is 1.75 bits per heavy atom. The summed E-state index contributed by atoms with van der Waals surface area (Å²) in [4.78, 5) is 0. The molecule has 0 aliphatic heterocycles. The molecular formula is C4H11NOSY-2. The zero-order chi connectivity index (χ0) is 5.21. The molecule has 0 aromatic heterocycles. The van der Waals surface area contributed by atoms with E-state index in [1.165, 1.54) is 13.3 Å². The summed E-state index contributed by atoms with van der Waals surface area (Å²) >= 11 is 0. The number of hydrogen-bond donors (Lipinski definition) is 0. The maximum Gasteiger partial charge on any atom is 0.0343 e. The summed E-state index contributed by atoms with van der Waals surface area (Å²) in [6.07, 6.45) is 4.74. The van der Waals surface area contributed by atoms with E-state index in [1.54, 1.807) is 0 Å². The van der Waals surface area contributed by atoms with Crippen molar-refractivity contribution >= 4 is 9.73 Å². The van der Waals surface area contributed by atoms with E-state index in [4.69, 9.17) is 0 Å². The van der Waals surface area contributed by atoms with Crippen molar-refractivity contribution < 1.29 is 36.9 Å². The van der Waals surface area contributed by atoms with Crippen LogP contribution in [-0.2, 0) is 42.4 Å². The quantitative estimate of drug-likeness (QED) is 0.547. The van der Waals surface area contributed by atoms with E-state index < -0.39 is 9.73 Å². The van der Waals surface area contributed by atoms with Gasteiger partial charge in [0, 0.05) is 39.8 Å². The minimum atomic E-state index is -2.04.